The van der Waals surface area contributed by atoms with E-state index >= 15 is 0 Å². The second-order valence-corrected chi connectivity index (χ2v) is 8.92. The molecule has 0 bridgehead atoms. The summed E-state index contributed by atoms with van der Waals surface area (Å²) in [6.07, 6.45) is 5.16. The van der Waals surface area contributed by atoms with Crippen molar-refractivity contribution in [3.05, 3.63) is 29.8 Å². The number of benzene rings is 1. The molecule has 3 rings (SSSR count). The summed E-state index contributed by atoms with van der Waals surface area (Å²) in [5, 5.41) is 0. The fourth-order valence-corrected chi connectivity index (χ4v) is 4.78. The van der Waals surface area contributed by atoms with E-state index in [-0.39, 0.29) is 17.1 Å². The molecule has 0 spiro atoms. The number of nitrogens with zero attached hydrogens (tertiary/aromatic N) is 1. The van der Waals surface area contributed by atoms with Crippen molar-refractivity contribution in [2.75, 3.05) is 13.1 Å². The van der Waals surface area contributed by atoms with Crippen molar-refractivity contribution in [2.24, 2.45) is 11.7 Å². The Morgan fingerprint density at radius 1 is 1.24 bits per heavy atom. The van der Waals surface area contributed by atoms with E-state index in [2.05, 4.69) is 6.92 Å². The van der Waals surface area contributed by atoms with E-state index in [9.17, 15) is 13.2 Å². The Bertz CT molecular complexity index is 713. The predicted octanol–water partition coefficient (Wildman–Crippen LogP) is 2.14. The van der Waals surface area contributed by atoms with Gasteiger partial charge in [0, 0.05) is 18.7 Å². The number of carbonyl (C=O) groups excluding carboxylic acids is 1. The molecule has 138 valence electrons. The first-order valence-corrected chi connectivity index (χ1v) is 10.4. The number of unbranched alkanes of at least 4 members (excludes halogenated alkanes) is 1. The molecule has 7 heteroatoms. The molecule has 2 fully saturated rings. The Morgan fingerprint density at radius 3 is 2.48 bits per heavy atom. The van der Waals surface area contributed by atoms with Crippen LogP contribution < -0.4 is 5.73 Å². The van der Waals surface area contributed by atoms with Crippen LogP contribution in [0.5, 0.6) is 0 Å². The number of carbonyl (C=O) groups is 1. The Hall–Kier alpha value is -1.44. The van der Waals surface area contributed by atoms with Gasteiger partial charge in [-0.3, -0.25) is 4.79 Å². The van der Waals surface area contributed by atoms with E-state index in [1.807, 2.05) is 0 Å². The molecule has 2 aliphatic rings. The van der Waals surface area contributed by atoms with Gasteiger partial charge in [-0.25, -0.2) is 8.42 Å². The fourth-order valence-electron chi connectivity index (χ4n) is 3.29. The molecule has 1 aromatic rings. The van der Waals surface area contributed by atoms with Crippen molar-refractivity contribution < 1.29 is 17.9 Å². The van der Waals surface area contributed by atoms with Gasteiger partial charge in [-0.2, -0.15) is 4.31 Å². The maximum absolute atomic E-state index is 13.0. The molecule has 1 aliphatic heterocycles. The molecule has 1 aromatic carbocycles. The molecular formula is C18H26N2O4S. The highest BCUT2D eigenvalue weighted by Gasteiger charge is 2.41. The number of amides is 1. The van der Waals surface area contributed by atoms with Gasteiger partial charge in [-0.15, -0.1) is 0 Å². The number of rotatable bonds is 7. The standard InChI is InChI=1S/C18H26N2O4S/c1-2-3-4-15-11-20(12-17(24-15)13-5-6-13)25(22,23)16-9-7-14(8-10-16)18(19)21/h7-10,13,15,17H,2-6,11-12H2,1H3,(H2,19,21)/t15-,17-/m1/s1. The number of hydrogen-bond acceptors (Lipinski definition) is 4. The average Bonchev–Trinajstić information content (AvgIpc) is 3.45. The van der Waals surface area contributed by atoms with Crippen LogP contribution in [0.2, 0.25) is 0 Å². The van der Waals surface area contributed by atoms with Gasteiger partial charge in [-0.1, -0.05) is 19.8 Å². The van der Waals surface area contributed by atoms with Crippen molar-refractivity contribution in [1.29, 1.82) is 0 Å². The minimum atomic E-state index is -3.60. The minimum absolute atomic E-state index is 0.00438. The van der Waals surface area contributed by atoms with Gasteiger partial charge in [0.25, 0.3) is 0 Å². The summed E-state index contributed by atoms with van der Waals surface area (Å²) < 4.78 is 33.8. The van der Waals surface area contributed by atoms with Crippen LogP contribution in [0, 0.1) is 5.92 Å². The first-order chi connectivity index (χ1) is 11.9. The van der Waals surface area contributed by atoms with Crippen LogP contribution in [0.3, 0.4) is 0 Å². The van der Waals surface area contributed by atoms with Crippen LogP contribution in [0.1, 0.15) is 49.4 Å². The normalized spacial score (nSPS) is 25.0. The van der Waals surface area contributed by atoms with Crippen molar-refractivity contribution >= 4 is 15.9 Å². The van der Waals surface area contributed by atoms with Crippen LogP contribution in [-0.4, -0.2) is 43.9 Å². The first kappa shape index (κ1) is 18.4. The summed E-state index contributed by atoms with van der Waals surface area (Å²) >= 11 is 0. The summed E-state index contributed by atoms with van der Waals surface area (Å²) in [5.41, 5.74) is 5.53. The molecule has 1 heterocycles. The topological polar surface area (TPSA) is 89.7 Å². The lowest BCUT2D eigenvalue weighted by molar-refractivity contribution is -0.0761. The van der Waals surface area contributed by atoms with Crippen LogP contribution >= 0.6 is 0 Å². The molecule has 2 N–H and O–H groups in total. The average molecular weight is 366 g/mol. The Balaban J connectivity index is 1.79. The molecule has 0 aromatic heterocycles. The van der Waals surface area contributed by atoms with Gasteiger partial charge >= 0.3 is 0 Å². The van der Waals surface area contributed by atoms with Gasteiger partial charge in [0.1, 0.15) is 0 Å². The van der Waals surface area contributed by atoms with Crippen LogP contribution in [0.25, 0.3) is 0 Å². The van der Waals surface area contributed by atoms with Crippen molar-refractivity contribution in [1.82, 2.24) is 4.31 Å². The van der Waals surface area contributed by atoms with Crippen molar-refractivity contribution in [3.63, 3.8) is 0 Å². The highest BCUT2D eigenvalue weighted by Crippen LogP contribution is 2.38. The smallest absolute Gasteiger partial charge is 0.248 e. The molecule has 25 heavy (non-hydrogen) atoms. The van der Waals surface area contributed by atoms with Gasteiger partial charge in [0.2, 0.25) is 15.9 Å². The van der Waals surface area contributed by atoms with E-state index in [0.29, 0.717) is 24.6 Å². The van der Waals surface area contributed by atoms with Gasteiger partial charge < -0.3 is 10.5 Å². The minimum Gasteiger partial charge on any atom is -0.372 e. The molecule has 2 atom stereocenters. The number of ether oxygens (including phenoxy) is 1. The highest BCUT2D eigenvalue weighted by atomic mass is 32.2. The number of morpholine rings is 1. The number of sulfonamides is 1. The molecule has 0 radical (unpaired) electrons. The zero-order valence-corrected chi connectivity index (χ0v) is 15.4. The van der Waals surface area contributed by atoms with Gasteiger partial charge in [0.05, 0.1) is 17.1 Å². The number of primary amides is 1. The van der Waals surface area contributed by atoms with E-state index in [4.69, 9.17) is 10.5 Å². The maximum Gasteiger partial charge on any atom is 0.248 e. The quantitative estimate of drug-likeness (QED) is 0.800. The molecule has 1 amide bonds. The number of nitrogens with two attached hydrogens (primary N) is 1. The molecule has 1 aliphatic carbocycles. The SMILES string of the molecule is CCCC[C@@H]1CN(S(=O)(=O)c2ccc(C(N)=O)cc2)C[C@H](C2CC2)O1. The summed E-state index contributed by atoms with van der Waals surface area (Å²) in [7, 11) is -3.60. The highest BCUT2D eigenvalue weighted by molar-refractivity contribution is 7.89. The third-order valence-corrected chi connectivity index (χ3v) is 6.81. The van der Waals surface area contributed by atoms with Crippen LogP contribution in [-0.2, 0) is 14.8 Å². The van der Waals surface area contributed by atoms with Gasteiger partial charge in [-0.05, 0) is 49.4 Å². The van der Waals surface area contributed by atoms with E-state index in [0.717, 1.165) is 32.1 Å². The molecule has 1 saturated heterocycles. The van der Waals surface area contributed by atoms with Crippen molar-refractivity contribution in [3.8, 4) is 0 Å². The summed E-state index contributed by atoms with van der Waals surface area (Å²) in [6.45, 7) is 2.92. The lowest BCUT2D eigenvalue weighted by Crippen LogP contribution is -2.50. The molecular weight excluding hydrogens is 340 g/mol. The van der Waals surface area contributed by atoms with Crippen LogP contribution in [0.4, 0.5) is 0 Å². The molecule has 1 saturated carbocycles. The number of hydrogen-bond donors (Lipinski definition) is 1. The summed E-state index contributed by atoms with van der Waals surface area (Å²) in [4.78, 5) is 11.4. The predicted molar refractivity (Wildman–Crippen MR) is 94.6 cm³/mol. The Kier molecular flexibility index (Phi) is 5.46. The largest absolute Gasteiger partial charge is 0.372 e. The molecule has 6 nitrogen and oxygen atoms in total. The zero-order valence-electron chi connectivity index (χ0n) is 14.6. The van der Waals surface area contributed by atoms with Crippen molar-refractivity contribution in [2.45, 2.75) is 56.1 Å². The summed E-state index contributed by atoms with van der Waals surface area (Å²) in [5.74, 6) is -0.0805. The maximum atomic E-state index is 13.0. The second kappa shape index (κ2) is 7.43. The lowest BCUT2D eigenvalue weighted by atomic mass is 10.1. The van der Waals surface area contributed by atoms with E-state index < -0.39 is 15.9 Å². The summed E-state index contributed by atoms with van der Waals surface area (Å²) in [6, 6.07) is 5.83. The Labute approximate surface area is 149 Å². The fraction of sp³-hybridized carbons (Fsp3) is 0.611. The third-order valence-electron chi connectivity index (χ3n) is 4.96. The van der Waals surface area contributed by atoms with Crippen LogP contribution in [0.15, 0.2) is 29.2 Å². The van der Waals surface area contributed by atoms with E-state index in [1.165, 1.54) is 24.3 Å². The third kappa shape index (κ3) is 4.22. The zero-order chi connectivity index (χ0) is 18.0. The first-order valence-electron chi connectivity index (χ1n) is 8.97. The second-order valence-electron chi connectivity index (χ2n) is 6.99. The van der Waals surface area contributed by atoms with E-state index in [1.54, 1.807) is 4.31 Å². The Morgan fingerprint density at radius 2 is 1.92 bits per heavy atom. The monoisotopic (exact) mass is 366 g/mol. The lowest BCUT2D eigenvalue weighted by Gasteiger charge is -2.37. The van der Waals surface area contributed by atoms with Gasteiger partial charge in [0.15, 0.2) is 0 Å². The molecule has 0 unspecified atom stereocenters.